The summed E-state index contributed by atoms with van der Waals surface area (Å²) in [6.45, 7) is 3.54. The Morgan fingerprint density at radius 1 is 1.22 bits per heavy atom. The summed E-state index contributed by atoms with van der Waals surface area (Å²) >= 11 is 0. The summed E-state index contributed by atoms with van der Waals surface area (Å²) in [6, 6.07) is 12.5. The summed E-state index contributed by atoms with van der Waals surface area (Å²) in [7, 11) is 1.88. The van der Waals surface area contributed by atoms with Gasteiger partial charge in [0.05, 0.1) is 17.6 Å². The number of carbonyl (C=O) groups is 1. The number of piperidine rings is 1. The first-order chi connectivity index (χ1) is 13.1. The Balaban J connectivity index is 1.35. The lowest BCUT2D eigenvalue weighted by Crippen LogP contribution is -2.41. The van der Waals surface area contributed by atoms with E-state index in [0.717, 1.165) is 54.8 Å². The van der Waals surface area contributed by atoms with Crippen LogP contribution in [0.2, 0.25) is 0 Å². The number of hydrogen-bond donors (Lipinski definition) is 1. The molecule has 1 saturated heterocycles. The molecule has 0 bridgehead atoms. The molecular formula is C21H25N5O. The molecule has 1 N–H and O–H groups in total. The van der Waals surface area contributed by atoms with Crippen molar-refractivity contribution in [3.05, 3.63) is 53.9 Å². The number of benzene rings is 1. The number of rotatable bonds is 3. The maximum Gasteiger partial charge on any atom is 0.321 e. The van der Waals surface area contributed by atoms with E-state index in [4.69, 9.17) is 0 Å². The third-order valence-corrected chi connectivity index (χ3v) is 5.38. The fourth-order valence-electron chi connectivity index (χ4n) is 3.87. The number of amides is 2. The van der Waals surface area contributed by atoms with Gasteiger partial charge < -0.3 is 10.2 Å². The average Bonchev–Trinajstić information content (AvgIpc) is 2.96. The zero-order valence-electron chi connectivity index (χ0n) is 15.9. The third kappa shape index (κ3) is 3.79. The molecule has 2 amide bonds. The Kier molecular flexibility index (Phi) is 4.79. The van der Waals surface area contributed by atoms with Crippen LogP contribution in [-0.2, 0) is 13.5 Å². The Bertz CT molecular complexity index is 942. The minimum absolute atomic E-state index is 0.0455. The lowest BCUT2D eigenvalue weighted by Gasteiger charge is -2.32. The average molecular weight is 363 g/mol. The van der Waals surface area contributed by atoms with Gasteiger partial charge in [0.1, 0.15) is 0 Å². The van der Waals surface area contributed by atoms with Crippen LogP contribution in [0, 0.1) is 12.8 Å². The molecule has 1 fully saturated rings. The Labute approximate surface area is 159 Å². The molecule has 0 spiro atoms. The van der Waals surface area contributed by atoms with Crippen molar-refractivity contribution in [3.8, 4) is 0 Å². The van der Waals surface area contributed by atoms with Crippen LogP contribution >= 0.6 is 0 Å². The molecule has 0 saturated carbocycles. The minimum atomic E-state index is -0.0455. The van der Waals surface area contributed by atoms with Crippen molar-refractivity contribution in [1.29, 1.82) is 0 Å². The predicted octanol–water partition coefficient (Wildman–Crippen LogP) is 3.76. The van der Waals surface area contributed by atoms with Gasteiger partial charge in [0.25, 0.3) is 0 Å². The Morgan fingerprint density at radius 3 is 2.70 bits per heavy atom. The zero-order chi connectivity index (χ0) is 18.8. The smallest absolute Gasteiger partial charge is 0.321 e. The van der Waals surface area contributed by atoms with Crippen molar-refractivity contribution >= 4 is 22.8 Å². The largest absolute Gasteiger partial charge is 0.325 e. The molecule has 1 aromatic carbocycles. The van der Waals surface area contributed by atoms with E-state index in [9.17, 15) is 4.79 Å². The standard InChI is InChI=1S/C21H25N5O/c1-15-19-13-18(14-22-20(19)25(2)24-15)23-21(27)26-10-8-17(9-11-26)12-16-6-4-3-5-7-16/h3-7,13-14,17H,8-12H2,1-2H3,(H,23,27). The van der Waals surface area contributed by atoms with E-state index in [2.05, 4.69) is 45.7 Å². The maximum atomic E-state index is 12.6. The van der Waals surface area contributed by atoms with Crippen LogP contribution in [0.3, 0.4) is 0 Å². The highest BCUT2D eigenvalue weighted by Gasteiger charge is 2.23. The molecule has 0 atom stereocenters. The van der Waals surface area contributed by atoms with Crippen LogP contribution in [0.15, 0.2) is 42.6 Å². The maximum absolute atomic E-state index is 12.6. The number of urea groups is 1. The fourth-order valence-corrected chi connectivity index (χ4v) is 3.87. The molecule has 0 unspecified atom stereocenters. The number of aryl methyl sites for hydroxylation is 2. The molecule has 27 heavy (non-hydrogen) atoms. The number of fused-ring (bicyclic) bond motifs is 1. The monoisotopic (exact) mass is 363 g/mol. The topological polar surface area (TPSA) is 63.1 Å². The van der Waals surface area contributed by atoms with Gasteiger partial charge in [-0.25, -0.2) is 9.78 Å². The second-order valence-electron chi connectivity index (χ2n) is 7.35. The van der Waals surface area contributed by atoms with Crippen molar-refractivity contribution < 1.29 is 4.79 Å². The highest BCUT2D eigenvalue weighted by atomic mass is 16.2. The molecule has 2 aromatic heterocycles. The van der Waals surface area contributed by atoms with Crippen LogP contribution in [0.4, 0.5) is 10.5 Å². The number of anilines is 1. The van der Waals surface area contributed by atoms with Gasteiger partial charge in [-0.2, -0.15) is 5.10 Å². The van der Waals surface area contributed by atoms with E-state index in [1.165, 1.54) is 5.56 Å². The summed E-state index contributed by atoms with van der Waals surface area (Å²) in [6.07, 6.45) is 4.88. The van der Waals surface area contributed by atoms with Gasteiger partial charge in [-0.3, -0.25) is 4.68 Å². The number of likely N-dealkylation sites (tertiary alicyclic amines) is 1. The summed E-state index contributed by atoms with van der Waals surface area (Å²) < 4.78 is 1.76. The van der Waals surface area contributed by atoms with E-state index in [-0.39, 0.29) is 6.03 Å². The SMILES string of the molecule is Cc1nn(C)c2ncc(NC(=O)N3CCC(Cc4ccccc4)CC3)cc12. The first-order valence-electron chi connectivity index (χ1n) is 9.49. The summed E-state index contributed by atoms with van der Waals surface area (Å²) in [5.41, 5.74) is 3.84. The van der Waals surface area contributed by atoms with Crippen molar-refractivity contribution in [2.45, 2.75) is 26.2 Å². The van der Waals surface area contributed by atoms with Crippen LogP contribution in [0.1, 0.15) is 24.1 Å². The third-order valence-electron chi connectivity index (χ3n) is 5.38. The molecular weight excluding hydrogens is 338 g/mol. The molecule has 140 valence electrons. The molecule has 0 radical (unpaired) electrons. The molecule has 1 aliphatic rings. The molecule has 0 aliphatic carbocycles. The van der Waals surface area contributed by atoms with Gasteiger partial charge in [0, 0.05) is 25.5 Å². The number of nitrogens with zero attached hydrogens (tertiary/aromatic N) is 4. The molecule has 6 heteroatoms. The highest BCUT2D eigenvalue weighted by molar-refractivity contribution is 5.92. The molecule has 1 aliphatic heterocycles. The quantitative estimate of drug-likeness (QED) is 0.771. The lowest BCUT2D eigenvalue weighted by molar-refractivity contribution is 0.182. The van der Waals surface area contributed by atoms with Gasteiger partial charge in [0.2, 0.25) is 0 Å². The van der Waals surface area contributed by atoms with Crippen molar-refractivity contribution in [2.75, 3.05) is 18.4 Å². The predicted molar refractivity (Wildman–Crippen MR) is 107 cm³/mol. The normalized spacial score (nSPS) is 15.3. The summed E-state index contributed by atoms with van der Waals surface area (Å²) in [4.78, 5) is 19.0. The first-order valence-corrected chi connectivity index (χ1v) is 9.49. The number of hydrogen-bond acceptors (Lipinski definition) is 3. The van der Waals surface area contributed by atoms with E-state index >= 15 is 0 Å². The van der Waals surface area contributed by atoms with Crippen molar-refractivity contribution in [2.24, 2.45) is 13.0 Å². The molecule has 6 nitrogen and oxygen atoms in total. The number of carbonyl (C=O) groups excluding carboxylic acids is 1. The van der Waals surface area contributed by atoms with E-state index in [1.54, 1.807) is 10.9 Å². The van der Waals surface area contributed by atoms with Crippen LogP contribution in [0.25, 0.3) is 11.0 Å². The second-order valence-corrected chi connectivity index (χ2v) is 7.35. The van der Waals surface area contributed by atoms with Crippen molar-refractivity contribution in [1.82, 2.24) is 19.7 Å². The van der Waals surface area contributed by atoms with E-state index in [1.807, 2.05) is 24.9 Å². The molecule has 4 rings (SSSR count). The summed E-state index contributed by atoms with van der Waals surface area (Å²) in [5, 5.41) is 8.34. The fraction of sp³-hybridized carbons (Fsp3) is 0.381. The Hall–Kier alpha value is -2.89. The second kappa shape index (κ2) is 7.39. The van der Waals surface area contributed by atoms with Gasteiger partial charge in [-0.05, 0) is 43.7 Å². The van der Waals surface area contributed by atoms with E-state index < -0.39 is 0 Å². The molecule has 3 aromatic rings. The Morgan fingerprint density at radius 2 is 1.96 bits per heavy atom. The van der Waals surface area contributed by atoms with Crippen LogP contribution in [0.5, 0.6) is 0 Å². The van der Waals surface area contributed by atoms with Gasteiger partial charge in [-0.15, -0.1) is 0 Å². The highest BCUT2D eigenvalue weighted by Crippen LogP contribution is 2.23. The van der Waals surface area contributed by atoms with Gasteiger partial charge in [0.15, 0.2) is 5.65 Å². The first kappa shape index (κ1) is 17.5. The molecule has 3 heterocycles. The minimum Gasteiger partial charge on any atom is -0.325 e. The van der Waals surface area contributed by atoms with Gasteiger partial charge >= 0.3 is 6.03 Å². The van der Waals surface area contributed by atoms with E-state index in [0.29, 0.717) is 5.92 Å². The van der Waals surface area contributed by atoms with Crippen LogP contribution in [-0.4, -0.2) is 38.8 Å². The number of nitrogens with one attached hydrogen (secondary N) is 1. The zero-order valence-corrected chi connectivity index (χ0v) is 15.9. The number of pyridine rings is 1. The van der Waals surface area contributed by atoms with Crippen molar-refractivity contribution in [3.63, 3.8) is 0 Å². The summed E-state index contributed by atoms with van der Waals surface area (Å²) in [5.74, 6) is 0.646. The lowest BCUT2D eigenvalue weighted by atomic mass is 9.90. The van der Waals surface area contributed by atoms with Crippen LogP contribution < -0.4 is 5.32 Å². The number of aromatic nitrogens is 3. The van der Waals surface area contributed by atoms with Gasteiger partial charge in [-0.1, -0.05) is 30.3 Å².